The molecule has 28 heavy (non-hydrogen) atoms. The highest BCUT2D eigenvalue weighted by molar-refractivity contribution is 9.10. The van der Waals surface area contributed by atoms with Crippen LogP contribution in [0.1, 0.15) is 20.7 Å². The molecule has 142 valence electrons. The lowest BCUT2D eigenvalue weighted by Crippen LogP contribution is -2.13. The zero-order valence-corrected chi connectivity index (χ0v) is 17.5. The van der Waals surface area contributed by atoms with E-state index in [0.717, 1.165) is 4.47 Å². The Morgan fingerprint density at radius 3 is 2.32 bits per heavy atom. The molecule has 7 heteroatoms. The van der Waals surface area contributed by atoms with E-state index in [1.54, 1.807) is 60.7 Å². The van der Waals surface area contributed by atoms with Gasteiger partial charge in [-0.15, -0.1) is 0 Å². The molecular weight excluding hydrogens is 465 g/mol. The molecule has 3 rings (SSSR count). The SMILES string of the molecule is O=C(COc1cccc(NC(=O)c2ccc(Cl)c(Cl)c2)c1)c1ccc(Br)cc1. The number of anilines is 1. The average molecular weight is 479 g/mol. The van der Waals surface area contributed by atoms with E-state index in [1.807, 2.05) is 0 Å². The van der Waals surface area contributed by atoms with Gasteiger partial charge in [-0.3, -0.25) is 9.59 Å². The minimum Gasteiger partial charge on any atom is -0.485 e. The number of ether oxygens (including phenoxy) is 1. The molecular formula is C21H14BrCl2NO3. The monoisotopic (exact) mass is 477 g/mol. The lowest BCUT2D eigenvalue weighted by Gasteiger charge is -2.09. The van der Waals surface area contributed by atoms with Crippen molar-refractivity contribution in [1.29, 1.82) is 0 Å². The normalized spacial score (nSPS) is 10.4. The first-order valence-electron chi connectivity index (χ1n) is 8.20. The lowest BCUT2D eigenvalue weighted by atomic mass is 10.1. The molecule has 0 aliphatic rings. The second-order valence-electron chi connectivity index (χ2n) is 5.83. The fraction of sp³-hybridized carbons (Fsp3) is 0.0476. The van der Waals surface area contributed by atoms with Gasteiger partial charge >= 0.3 is 0 Å². The summed E-state index contributed by atoms with van der Waals surface area (Å²) in [5.74, 6) is -0.00296. The lowest BCUT2D eigenvalue weighted by molar-refractivity contribution is 0.0920. The molecule has 0 atom stereocenters. The molecule has 0 saturated carbocycles. The van der Waals surface area contributed by atoms with Crippen molar-refractivity contribution in [1.82, 2.24) is 0 Å². The van der Waals surface area contributed by atoms with Crippen LogP contribution in [0.4, 0.5) is 5.69 Å². The summed E-state index contributed by atoms with van der Waals surface area (Å²) in [6.45, 7) is -0.105. The van der Waals surface area contributed by atoms with Crippen LogP contribution in [-0.4, -0.2) is 18.3 Å². The van der Waals surface area contributed by atoms with E-state index in [0.29, 0.717) is 32.6 Å². The van der Waals surface area contributed by atoms with Crippen molar-refractivity contribution in [3.63, 3.8) is 0 Å². The van der Waals surface area contributed by atoms with Crippen molar-refractivity contribution in [2.45, 2.75) is 0 Å². The maximum Gasteiger partial charge on any atom is 0.255 e. The van der Waals surface area contributed by atoms with E-state index in [2.05, 4.69) is 21.2 Å². The summed E-state index contributed by atoms with van der Waals surface area (Å²) < 4.78 is 6.46. The minimum absolute atomic E-state index is 0.105. The fourth-order valence-electron chi connectivity index (χ4n) is 2.37. The van der Waals surface area contributed by atoms with Crippen molar-refractivity contribution in [2.24, 2.45) is 0 Å². The van der Waals surface area contributed by atoms with Crippen molar-refractivity contribution in [3.8, 4) is 5.75 Å². The van der Waals surface area contributed by atoms with Gasteiger partial charge in [0.1, 0.15) is 5.75 Å². The van der Waals surface area contributed by atoms with Crippen molar-refractivity contribution >= 4 is 56.5 Å². The third-order valence-electron chi connectivity index (χ3n) is 3.81. The Morgan fingerprint density at radius 2 is 1.61 bits per heavy atom. The molecule has 1 N–H and O–H groups in total. The quantitative estimate of drug-likeness (QED) is 0.424. The van der Waals surface area contributed by atoms with Crippen LogP contribution in [0.15, 0.2) is 71.2 Å². The molecule has 0 aliphatic heterocycles. The summed E-state index contributed by atoms with van der Waals surface area (Å²) in [6, 6.07) is 18.5. The Morgan fingerprint density at radius 1 is 0.893 bits per heavy atom. The summed E-state index contributed by atoms with van der Waals surface area (Å²) in [6.07, 6.45) is 0. The van der Waals surface area contributed by atoms with Gasteiger partial charge in [0.05, 0.1) is 10.0 Å². The molecule has 1 amide bonds. The second-order valence-corrected chi connectivity index (χ2v) is 7.56. The summed E-state index contributed by atoms with van der Waals surface area (Å²) in [5.41, 5.74) is 1.48. The molecule has 3 aromatic rings. The Kier molecular flexibility index (Phi) is 6.73. The van der Waals surface area contributed by atoms with Gasteiger partial charge < -0.3 is 10.1 Å². The molecule has 0 radical (unpaired) electrons. The second kappa shape index (κ2) is 9.24. The average Bonchev–Trinajstić information content (AvgIpc) is 2.69. The molecule has 0 aliphatic carbocycles. The first-order chi connectivity index (χ1) is 13.4. The number of Topliss-reactive ketones (excluding diaryl/α,β-unsaturated/α-hetero) is 1. The fourth-order valence-corrected chi connectivity index (χ4v) is 2.93. The van der Waals surface area contributed by atoms with Gasteiger partial charge in [-0.05, 0) is 42.5 Å². The predicted molar refractivity (Wildman–Crippen MR) is 115 cm³/mol. The third kappa shape index (κ3) is 5.35. The zero-order chi connectivity index (χ0) is 20.1. The van der Waals surface area contributed by atoms with Crippen LogP contribution in [0.25, 0.3) is 0 Å². The van der Waals surface area contributed by atoms with Crippen molar-refractivity contribution in [2.75, 3.05) is 11.9 Å². The highest BCUT2D eigenvalue weighted by atomic mass is 79.9. The predicted octanol–water partition coefficient (Wildman–Crippen LogP) is 6.27. The molecule has 0 spiro atoms. The number of rotatable bonds is 6. The number of benzene rings is 3. The van der Waals surface area contributed by atoms with Gasteiger partial charge in [0.25, 0.3) is 5.91 Å². The van der Waals surface area contributed by atoms with Gasteiger partial charge in [-0.2, -0.15) is 0 Å². The smallest absolute Gasteiger partial charge is 0.255 e. The van der Waals surface area contributed by atoms with Crippen LogP contribution in [0.2, 0.25) is 10.0 Å². The first kappa shape index (κ1) is 20.4. The van der Waals surface area contributed by atoms with Crippen molar-refractivity contribution in [3.05, 3.63) is 92.4 Å². The van der Waals surface area contributed by atoms with Gasteiger partial charge in [0, 0.05) is 27.4 Å². The maximum absolute atomic E-state index is 12.4. The van der Waals surface area contributed by atoms with Crippen LogP contribution < -0.4 is 10.1 Å². The molecule has 3 aromatic carbocycles. The largest absolute Gasteiger partial charge is 0.485 e. The standard InChI is InChI=1S/C21H14BrCl2NO3/c22-15-7-4-13(5-8-15)20(26)12-28-17-3-1-2-16(11-17)25-21(27)14-6-9-18(23)19(24)10-14/h1-11H,12H2,(H,25,27). The van der Waals surface area contributed by atoms with Crippen LogP contribution in [0.5, 0.6) is 5.75 Å². The third-order valence-corrected chi connectivity index (χ3v) is 5.08. The Hall–Kier alpha value is -2.34. The van der Waals surface area contributed by atoms with Gasteiger partial charge in [-0.1, -0.05) is 57.3 Å². The topological polar surface area (TPSA) is 55.4 Å². The van der Waals surface area contributed by atoms with E-state index in [1.165, 1.54) is 6.07 Å². The van der Waals surface area contributed by atoms with Crippen LogP contribution >= 0.6 is 39.1 Å². The number of hydrogen-bond acceptors (Lipinski definition) is 3. The number of carbonyl (C=O) groups is 2. The van der Waals surface area contributed by atoms with E-state index in [-0.39, 0.29) is 18.3 Å². The maximum atomic E-state index is 12.4. The summed E-state index contributed by atoms with van der Waals surface area (Å²) in [5, 5.41) is 3.44. The summed E-state index contributed by atoms with van der Waals surface area (Å²) in [7, 11) is 0. The van der Waals surface area contributed by atoms with Gasteiger partial charge in [-0.25, -0.2) is 0 Å². The van der Waals surface area contributed by atoms with E-state index in [9.17, 15) is 9.59 Å². The van der Waals surface area contributed by atoms with Crippen molar-refractivity contribution < 1.29 is 14.3 Å². The van der Waals surface area contributed by atoms with E-state index in [4.69, 9.17) is 27.9 Å². The van der Waals surface area contributed by atoms with Crippen LogP contribution in [0.3, 0.4) is 0 Å². The molecule has 4 nitrogen and oxygen atoms in total. The number of ketones is 1. The number of halogens is 3. The summed E-state index contributed by atoms with van der Waals surface area (Å²) >= 11 is 15.1. The van der Waals surface area contributed by atoms with Gasteiger partial charge in [0.2, 0.25) is 0 Å². The first-order valence-corrected chi connectivity index (χ1v) is 9.75. The molecule has 0 aromatic heterocycles. The number of amides is 1. The molecule has 0 bridgehead atoms. The number of carbonyl (C=O) groups excluding carboxylic acids is 2. The Bertz CT molecular complexity index is 1020. The van der Waals surface area contributed by atoms with Crippen LogP contribution in [0, 0.1) is 0 Å². The molecule has 0 unspecified atom stereocenters. The molecule has 0 fully saturated rings. The zero-order valence-electron chi connectivity index (χ0n) is 14.4. The Labute approximate surface area is 180 Å². The number of hydrogen-bond donors (Lipinski definition) is 1. The highest BCUT2D eigenvalue weighted by Crippen LogP contribution is 2.24. The van der Waals surface area contributed by atoms with Crippen LogP contribution in [-0.2, 0) is 0 Å². The molecule has 0 heterocycles. The van der Waals surface area contributed by atoms with E-state index < -0.39 is 0 Å². The minimum atomic E-state index is -0.332. The number of nitrogens with one attached hydrogen (secondary N) is 1. The van der Waals surface area contributed by atoms with E-state index >= 15 is 0 Å². The van der Waals surface area contributed by atoms with Gasteiger partial charge in [0.15, 0.2) is 12.4 Å². The summed E-state index contributed by atoms with van der Waals surface area (Å²) in [4.78, 5) is 24.6. The Balaban J connectivity index is 1.63. The highest BCUT2D eigenvalue weighted by Gasteiger charge is 2.10. The molecule has 0 saturated heterocycles.